The first-order chi connectivity index (χ1) is 15.0. The number of carbonyl (C=O) groups excluding carboxylic acids is 1. The smallest absolute Gasteiger partial charge is 0.425 e. The maximum atomic E-state index is 12.0. The maximum absolute atomic E-state index is 12.0. The summed E-state index contributed by atoms with van der Waals surface area (Å²) in [6, 6.07) is 7.43. The predicted molar refractivity (Wildman–Crippen MR) is 131 cm³/mol. The molecule has 1 N–H and O–H groups in total. The fourth-order valence-electron chi connectivity index (χ4n) is 2.26. The lowest BCUT2D eigenvalue weighted by Gasteiger charge is -2.24. The van der Waals surface area contributed by atoms with Crippen LogP contribution in [0, 0.1) is 11.3 Å². The fraction of sp³-hybridized carbons (Fsp3) is 0.667. The van der Waals surface area contributed by atoms with Crippen molar-refractivity contribution < 1.29 is 27.8 Å². The van der Waals surface area contributed by atoms with E-state index >= 15 is 0 Å². The van der Waals surface area contributed by atoms with Gasteiger partial charge < -0.3 is 9.84 Å². The predicted octanol–water partition coefficient (Wildman–Crippen LogP) is 8.82. The monoisotopic (exact) mass is 474 g/mol. The van der Waals surface area contributed by atoms with Crippen LogP contribution in [0.3, 0.4) is 0 Å². The average Bonchev–Trinajstić information content (AvgIpc) is 2.73. The molecule has 0 saturated carbocycles. The second-order valence-electron chi connectivity index (χ2n) is 9.36. The molecule has 0 bridgehead atoms. The van der Waals surface area contributed by atoms with E-state index in [9.17, 15) is 18.0 Å². The molecule has 0 heterocycles. The first-order valence-electron chi connectivity index (χ1n) is 11.7. The number of rotatable bonds is 7. The van der Waals surface area contributed by atoms with Crippen LogP contribution >= 0.6 is 0 Å². The molecule has 0 fully saturated rings. The summed E-state index contributed by atoms with van der Waals surface area (Å²) in [5.41, 5.74) is 1.86. The maximum Gasteiger partial charge on any atom is 0.425 e. The molecule has 33 heavy (non-hydrogen) atoms. The number of carbonyl (C=O) groups is 1. The Morgan fingerprint density at radius 3 is 1.79 bits per heavy atom. The Morgan fingerprint density at radius 1 is 1.00 bits per heavy atom. The number of phenolic OH excluding ortho intramolecular Hbond substituents is 1. The molecular formula is C27H45F3O3. The van der Waals surface area contributed by atoms with Crippen molar-refractivity contribution in [3.05, 3.63) is 41.5 Å². The molecule has 3 atom stereocenters. The van der Waals surface area contributed by atoms with E-state index in [0.29, 0.717) is 18.1 Å². The van der Waals surface area contributed by atoms with E-state index in [-0.39, 0.29) is 0 Å². The lowest BCUT2D eigenvalue weighted by Crippen LogP contribution is -2.36. The number of halogens is 3. The van der Waals surface area contributed by atoms with Gasteiger partial charge in [-0.15, -0.1) is 0 Å². The van der Waals surface area contributed by atoms with Crippen LogP contribution in [-0.2, 0) is 9.53 Å². The Kier molecular flexibility index (Phi) is 15.9. The summed E-state index contributed by atoms with van der Waals surface area (Å²) in [5, 5.41) is 9.01. The zero-order valence-corrected chi connectivity index (χ0v) is 22.1. The number of alkyl halides is 3. The number of allylic oxidation sites excluding steroid dienone is 2. The average molecular weight is 475 g/mol. The zero-order chi connectivity index (χ0) is 26.4. The number of hydrogen-bond acceptors (Lipinski definition) is 3. The zero-order valence-electron chi connectivity index (χ0n) is 22.1. The van der Waals surface area contributed by atoms with Crippen molar-refractivity contribution in [2.24, 2.45) is 11.3 Å². The van der Waals surface area contributed by atoms with E-state index in [4.69, 9.17) is 5.11 Å². The highest BCUT2D eigenvalue weighted by Gasteiger charge is 2.41. The molecule has 3 nitrogen and oxygen atoms in total. The molecular weight excluding hydrogens is 429 g/mol. The summed E-state index contributed by atoms with van der Waals surface area (Å²) in [5.74, 6) is 0.887. The van der Waals surface area contributed by atoms with Crippen LogP contribution in [0.2, 0.25) is 0 Å². The minimum Gasteiger partial charge on any atom is -0.508 e. The fourth-order valence-corrected chi connectivity index (χ4v) is 2.26. The number of ether oxygens (including phenoxy) is 1. The molecule has 0 saturated heterocycles. The molecule has 0 aliphatic carbocycles. The Labute approximate surface area is 199 Å². The second kappa shape index (κ2) is 15.8. The molecule has 3 unspecified atom stereocenters. The molecule has 0 aliphatic rings. The molecule has 6 heteroatoms. The summed E-state index contributed by atoms with van der Waals surface area (Å²) in [7, 11) is 0. The van der Waals surface area contributed by atoms with E-state index in [1.54, 1.807) is 32.9 Å². The van der Waals surface area contributed by atoms with Crippen molar-refractivity contribution in [1.82, 2.24) is 0 Å². The molecule has 1 aromatic rings. The lowest BCUT2D eigenvalue weighted by molar-refractivity contribution is -0.221. The summed E-state index contributed by atoms with van der Waals surface area (Å²) < 4.78 is 40.4. The van der Waals surface area contributed by atoms with Crippen LogP contribution in [0.25, 0.3) is 0 Å². The van der Waals surface area contributed by atoms with Crippen LogP contribution in [0.1, 0.15) is 100.0 Å². The molecule has 1 rings (SSSR count). The van der Waals surface area contributed by atoms with Gasteiger partial charge in [0.25, 0.3) is 0 Å². The normalized spacial score (nSPS) is 13.8. The third-order valence-electron chi connectivity index (χ3n) is 5.52. The molecule has 0 radical (unpaired) electrons. The number of phenols is 1. The first-order valence-corrected chi connectivity index (χ1v) is 11.7. The Morgan fingerprint density at radius 2 is 1.48 bits per heavy atom. The van der Waals surface area contributed by atoms with Gasteiger partial charge in [0.05, 0.1) is 5.41 Å². The van der Waals surface area contributed by atoms with Gasteiger partial charge in [-0.25, -0.2) is 0 Å². The van der Waals surface area contributed by atoms with Gasteiger partial charge in [-0.3, -0.25) is 4.79 Å². The summed E-state index contributed by atoms with van der Waals surface area (Å²) in [6.07, 6.45) is -1.38. The minimum atomic E-state index is -4.49. The van der Waals surface area contributed by atoms with Crippen molar-refractivity contribution in [3.8, 4) is 5.75 Å². The van der Waals surface area contributed by atoms with Crippen molar-refractivity contribution in [2.45, 2.75) is 107 Å². The Balaban J connectivity index is 0. The van der Waals surface area contributed by atoms with E-state index in [0.717, 1.165) is 19.3 Å². The van der Waals surface area contributed by atoms with Gasteiger partial charge >= 0.3 is 12.1 Å². The topological polar surface area (TPSA) is 46.5 Å². The Hall–Kier alpha value is -1.98. The van der Waals surface area contributed by atoms with E-state index in [2.05, 4.69) is 52.4 Å². The minimum absolute atomic E-state index is 0.344. The van der Waals surface area contributed by atoms with E-state index < -0.39 is 23.7 Å². The van der Waals surface area contributed by atoms with Gasteiger partial charge in [-0.1, -0.05) is 64.8 Å². The highest BCUT2D eigenvalue weighted by molar-refractivity contribution is 5.76. The third-order valence-corrected chi connectivity index (χ3v) is 5.52. The van der Waals surface area contributed by atoms with Gasteiger partial charge in [0.1, 0.15) is 5.75 Å². The van der Waals surface area contributed by atoms with Crippen molar-refractivity contribution in [1.29, 1.82) is 0 Å². The third kappa shape index (κ3) is 15.5. The largest absolute Gasteiger partial charge is 0.508 e. The molecule has 0 aliphatic heterocycles. The highest BCUT2D eigenvalue weighted by atomic mass is 19.4. The highest BCUT2D eigenvalue weighted by Crippen LogP contribution is 2.27. The van der Waals surface area contributed by atoms with Gasteiger partial charge in [0.15, 0.2) is 6.10 Å². The standard InChI is InChI=1S/C10H14O.C9H15F3O2.C8H16/c1-3-8(2)9-4-6-10(11)7-5-9;1-5-8(3,4)7(13)14-6(2)9(10,11)12;1-5-8(4)6-7(2)3/h4-8,11H,3H2,1-2H3;6H,5H2,1-4H3;6,8H,5H2,1-4H3. The lowest BCUT2D eigenvalue weighted by atomic mass is 9.90. The Bertz CT molecular complexity index is 688. The quantitative estimate of drug-likeness (QED) is 0.317. The van der Waals surface area contributed by atoms with Gasteiger partial charge in [-0.2, -0.15) is 13.2 Å². The van der Waals surface area contributed by atoms with Crippen molar-refractivity contribution in [3.63, 3.8) is 0 Å². The molecule has 1 aromatic carbocycles. The SMILES string of the molecule is CCC(C)(C)C(=O)OC(C)C(F)(F)F.CCC(C)C=C(C)C.CCC(C)c1ccc(O)cc1. The van der Waals surface area contributed by atoms with E-state index in [1.807, 2.05) is 12.1 Å². The van der Waals surface area contributed by atoms with Crippen LogP contribution in [0.4, 0.5) is 13.2 Å². The summed E-state index contributed by atoms with van der Waals surface area (Å²) in [4.78, 5) is 11.2. The van der Waals surface area contributed by atoms with Crippen LogP contribution < -0.4 is 0 Å². The number of esters is 1. The molecule has 0 spiro atoms. The van der Waals surface area contributed by atoms with Gasteiger partial charge in [0.2, 0.25) is 0 Å². The number of benzene rings is 1. The van der Waals surface area contributed by atoms with Gasteiger partial charge in [-0.05, 0) is 77.0 Å². The van der Waals surface area contributed by atoms with Crippen LogP contribution in [0.15, 0.2) is 35.9 Å². The molecule has 0 aromatic heterocycles. The number of hydrogen-bond donors (Lipinski definition) is 1. The first kappa shape index (κ1) is 33.2. The van der Waals surface area contributed by atoms with E-state index in [1.165, 1.54) is 17.6 Å². The molecule has 0 amide bonds. The van der Waals surface area contributed by atoms with Crippen molar-refractivity contribution in [2.75, 3.05) is 0 Å². The second-order valence-corrected chi connectivity index (χ2v) is 9.36. The summed E-state index contributed by atoms with van der Waals surface area (Å²) in [6.45, 7) is 18.7. The van der Waals surface area contributed by atoms with Crippen molar-refractivity contribution >= 4 is 5.97 Å². The molecule has 192 valence electrons. The summed E-state index contributed by atoms with van der Waals surface area (Å²) >= 11 is 0. The number of aromatic hydroxyl groups is 1. The van der Waals surface area contributed by atoms with Gasteiger partial charge in [0, 0.05) is 0 Å². The van der Waals surface area contributed by atoms with Crippen LogP contribution in [-0.4, -0.2) is 23.4 Å². The van der Waals surface area contributed by atoms with Crippen LogP contribution in [0.5, 0.6) is 5.75 Å².